The van der Waals surface area contributed by atoms with Gasteiger partial charge >= 0.3 is 0 Å². The minimum atomic E-state index is -0.0889. The summed E-state index contributed by atoms with van der Waals surface area (Å²) < 4.78 is 5.47. The monoisotopic (exact) mass is 292 g/mol. The predicted molar refractivity (Wildman–Crippen MR) is 88.1 cm³/mol. The Balaban J connectivity index is 2.70. The van der Waals surface area contributed by atoms with Crippen LogP contribution in [0, 0.1) is 11.3 Å². The first-order valence-corrected chi connectivity index (χ1v) is 7.51. The Hall–Kier alpha value is -1.55. The van der Waals surface area contributed by atoms with E-state index in [1.54, 1.807) is 19.2 Å². The van der Waals surface area contributed by atoms with E-state index in [4.69, 9.17) is 10.5 Å². The standard InChI is InChI=1S/C17H28N2O2/c1-6-17(4,13(3)21-5)11-12(2)16(20)19-15-9-7-8-14(18)10-15/h7-10,12-13H,6,11,18H2,1-5H3,(H,19,20). The van der Waals surface area contributed by atoms with Gasteiger partial charge in [-0.25, -0.2) is 0 Å². The molecule has 1 amide bonds. The fourth-order valence-corrected chi connectivity index (χ4v) is 2.56. The molecule has 0 aliphatic rings. The summed E-state index contributed by atoms with van der Waals surface area (Å²) in [7, 11) is 1.72. The van der Waals surface area contributed by atoms with Crippen LogP contribution in [0.3, 0.4) is 0 Å². The van der Waals surface area contributed by atoms with Crippen molar-refractivity contribution in [3.8, 4) is 0 Å². The van der Waals surface area contributed by atoms with Crippen molar-refractivity contribution in [3.05, 3.63) is 24.3 Å². The number of nitrogen functional groups attached to an aromatic ring is 1. The van der Waals surface area contributed by atoms with E-state index in [0.717, 1.165) is 18.5 Å². The SMILES string of the molecule is CCC(C)(CC(C)C(=O)Nc1cccc(N)c1)C(C)OC. The van der Waals surface area contributed by atoms with Crippen molar-refractivity contribution < 1.29 is 9.53 Å². The van der Waals surface area contributed by atoms with Crippen molar-refractivity contribution in [2.45, 2.75) is 46.6 Å². The molecule has 118 valence electrons. The Kier molecular flexibility index (Phi) is 6.21. The van der Waals surface area contributed by atoms with Gasteiger partial charge in [0.2, 0.25) is 5.91 Å². The van der Waals surface area contributed by atoms with Crippen LogP contribution in [0.4, 0.5) is 11.4 Å². The quantitative estimate of drug-likeness (QED) is 0.753. The van der Waals surface area contributed by atoms with Crippen LogP contribution in [-0.2, 0) is 9.53 Å². The molecule has 0 aliphatic heterocycles. The normalized spacial score (nSPS) is 16.8. The van der Waals surface area contributed by atoms with E-state index in [1.165, 1.54) is 0 Å². The van der Waals surface area contributed by atoms with E-state index >= 15 is 0 Å². The zero-order valence-electron chi connectivity index (χ0n) is 13.8. The Morgan fingerprint density at radius 3 is 2.62 bits per heavy atom. The van der Waals surface area contributed by atoms with Gasteiger partial charge in [0.25, 0.3) is 0 Å². The van der Waals surface area contributed by atoms with E-state index < -0.39 is 0 Å². The third-order valence-corrected chi connectivity index (χ3v) is 4.52. The summed E-state index contributed by atoms with van der Waals surface area (Å²) in [5.41, 5.74) is 7.10. The van der Waals surface area contributed by atoms with Crippen LogP contribution in [-0.4, -0.2) is 19.1 Å². The van der Waals surface area contributed by atoms with Gasteiger partial charge in [-0.15, -0.1) is 0 Å². The molecule has 0 aromatic heterocycles. The maximum absolute atomic E-state index is 12.3. The van der Waals surface area contributed by atoms with Crippen LogP contribution in [0.2, 0.25) is 0 Å². The minimum Gasteiger partial charge on any atom is -0.399 e. The van der Waals surface area contributed by atoms with Crippen molar-refractivity contribution in [3.63, 3.8) is 0 Å². The van der Waals surface area contributed by atoms with Crippen molar-refractivity contribution in [2.75, 3.05) is 18.2 Å². The zero-order valence-corrected chi connectivity index (χ0v) is 13.8. The van der Waals surface area contributed by atoms with Gasteiger partial charge < -0.3 is 15.8 Å². The van der Waals surface area contributed by atoms with E-state index in [1.807, 2.05) is 19.1 Å². The predicted octanol–water partition coefficient (Wildman–Crippen LogP) is 3.68. The van der Waals surface area contributed by atoms with Crippen LogP contribution < -0.4 is 11.1 Å². The van der Waals surface area contributed by atoms with Crippen LogP contribution >= 0.6 is 0 Å². The number of benzene rings is 1. The Morgan fingerprint density at radius 2 is 2.10 bits per heavy atom. The number of carbonyl (C=O) groups is 1. The molecule has 0 radical (unpaired) electrons. The Bertz CT molecular complexity index is 476. The summed E-state index contributed by atoms with van der Waals surface area (Å²) in [5.74, 6) is -0.0717. The molecule has 3 N–H and O–H groups in total. The fourth-order valence-electron chi connectivity index (χ4n) is 2.56. The second-order valence-corrected chi connectivity index (χ2v) is 6.11. The maximum Gasteiger partial charge on any atom is 0.227 e. The summed E-state index contributed by atoms with van der Waals surface area (Å²) in [6.45, 7) is 8.33. The van der Waals surface area contributed by atoms with E-state index in [-0.39, 0.29) is 23.3 Å². The number of rotatable bonds is 7. The molecule has 0 spiro atoms. The van der Waals surface area contributed by atoms with Gasteiger partial charge in [-0.2, -0.15) is 0 Å². The van der Waals surface area contributed by atoms with E-state index in [2.05, 4.69) is 26.1 Å². The molecule has 1 rings (SSSR count). The number of ether oxygens (including phenoxy) is 1. The van der Waals surface area contributed by atoms with Crippen molar-refractivity contribution >= 4 is 17.3 Å². The molecule has 0 bridgehead atoms. The first-order chi connectivity index (χ1) is 9.82. The molecule has 0 saturated heterocycles. The lowest BCUT2D eigenvalue weighted by molar-refractivity contribution is -0.121. The average Bonchev–Trinajstić information content (AvgIpc) is 2.46. The third-order valence-electron chi connectivity index (χ3n) is 4.52. The smallest absolute Gasteiger partial charge is 0.227 e. The topological polar surface area (TPSA) is 64.4 Å². The van der Waals surface area contributed by atoms with Crippen molar-refractivity contribution in [2.24, 2.45) is 11.3 Å². The largest absolute Gasteiger partial charge is 0.399 e. The number of hydrogen-bond acceptors (Lipinski definition) is 3. The molecule has 3 unspecified atom stereocenters. The van der Waals surface area contributed by atoms with Gasteiger partial charge in [0, 0.05) is 24.4 Å². The molecule has 3 atom stereocenters. The Labute approximate surface area is 128 Å². The molecule has 1 aromatic rings. The fraction of sp³-hybridized carbons (Fsp3) is 0.588. The lowest BCUT2D eigenvalue weighted by Crippen LogP contribution is -2.35. The van der Waals surface area contributed by atoms with Gasteiger partial charge in [0.1, 0.15) is 0 Å². The zero-order chi connectivity index (χ0) is 16.0. The second-order valence-electron chi connectivity index (χ2n) is 6.11. The molecular weight excluding hydrogens is 264 g/mol. The van der Waals surface area contributed by atoms with E-state index in [0.29, 0.717) is 5.69 Å². The third kappa shape index (κ3) is 4.74. The number of nitrogens with one attached hydrogen (secondary N) is 1. The molecule has 0 heterocycles. The van der Waals surface area contributed by atoms with Crippen LogP contribution in [0.15, 0.2) is 24.3 Å². The summed E-state index contributed by atoms with van der Waals surface area (Å²) in [6.07, 6.45) is 1.87. The molecule has 1 aromatic carbocycles. The molecule has 0 saturated carbocycles. The molecular formula is C17H28N2O2. The van der Waals surface area contributed by atoms with E-state index in [9.17, 15) is 4.79 Å². The van der Waals surface area contributed by atoms with Gasteiger partial charge in [-0.1, -0.05) is 26.8 Å². The molecule has 4 nitrogen and oxygen atoms in total. The summed E-state index contributed by atoms with van der Waals surface area (Å²) in [6, 6.07) is 7.24. The highest BCUT2D eigenvalue weighted by molar-refractivity contribution is 5.92. The van der Waals surface area contributed by atoms with Crippen LogP contribution in [0.25, 0.3) is 0 Å². The van der Waals surface area contributed by atoms with Crippen molar-refractivity contribution in [1.29, 1.82) is 0 Å². The molecule has 0 aliphatic carbocycles. The summed E-state index contributed by atoms with van der Waals surface area (Å²) >= 11 is 0. The Morgan fingerprint density at radius 1 is 1.43 bits per heavy atom. The van der Waals surface area contributed by atoms with Gasteiger partial charge in [0.15, 0.2) is 0 Å². The van der Waals surface area contributed by atoms with Gasteiger partial charge in [-0.3, -0.25) is 4.79 Å². The first kappa shape index (κ1) is 17.5. The van der Waals surface area contributed by atoms with Gasteiger partial charge in [-0.05, 0) is 43.4 Å². The number of amides is 1. The first-order valence-electron chi connectivity index (χ1n) is 7.51. The molecule has 4 heteroatoms. The lowest BCUT2D eigenvalue weighted by atomic mass is 9.75. The van der Waals surface area contributed by atoms with Crippen LogP contribution in [0.1, 0.15) is 40.5 Å². The number of anilines is 2. The van der Waals surface area contributed by atoms with Crippen molar-refractivity contribution in [1.82, 2.24) is 0 Å². The number of carbonyl (C=O) groups excluding carboxylic acids is 1. The highest BCUT2D eigenvalue weighted by atomic mass is 16.5. The molecule has 21 heavy (non-hydrogen) atoms. The number of methoxy groups -OCH3 is 1. The van der Waals surface area contributed by atoms with Crippen LogP contribution in [0.5, 0.6) is 0 Å². The lowest BCUT2D eigenvalue weighted by Gasteiger charge is -2.35. The summed E-state index contributed by atoms with van der Waals surface area (Å²) in [5, 5.41) is 2.93. The number of hydrogen-bond donors (Lipinski definition) is 2. The number of nitrogens with two attached hydrogens (primary N) is 1. The minimum absolute atomic E-state index is 0.0127. The highest BCUT2D eigenvalue weighted by Crippen LogP contribution is 2.35. The molecule has 0 fully saturated rings. The summed E-state index contributed by atoms with van der Waals surface area (Å²) in [4.78, 5) is 12.3. The maximum atomic E-state index is 12.3. The highest BCUT2D eigenvalue weighted by Gasteiger charge is 2.33. The second kappa shape index (κ2) is 7.46. The van der Waals surface area contributed by atoms with Gasteiger partial charge in [0.05, 0.1) is 6.10 Å². The average molecular weight is 292 g/mol.